The fourth-order valence-electron chi connectivity index (χ4n) is 1.77. The molecule has 0 unspecified atom stereocenters. The van der Waals surface area contributed by atoms with Crippen molar-refractivity contribution in [3.05, 3.63) is 41.0 Å². The first-order chi connectivity index (χ1) is 10.2. The van der Waals surface area contributed by atoms with Gasteiger partial charge in [-0.2, -0.15) is 0 Å². The summed E-state index contributed by atoms with van der Waals surface area (Å²) in [6, 6.07) is 8.77. The average Bonchev–Trinajstić information content (AvgIpc) is 2.50. The van der Waals surface area contributed by atoms with Gasteiger partial charge in [0.2, 0.25) is 5.88 Å². The zero-order valence-electron chi connectivity index (χ0n) is 12.1. The lowest BCUT2D eigenvalue weighted by Crippen LogP contribution is -2.07. The van der Waals surface area contributed by atoms with Crippen LogP contribution in [0.4, 0.5) is 0 Å². The maximum absolute atomic E-state index is 6.08. The molecular weight excluding hydrogens is 292 g/mol. The van der Waals surface area contributed by atoms with E-state index in [1.54, 1.807) is 44.6 Å². The molecule has 0 fully saturated rings. The van der Waals surface area contributed by atoms with Crippen LogP contribution in [0.25, 0.3) is 0 Å². The summed E-state index contributed by atoms with van der Waals surface area (Å²) in [5.41, 5.74) is 0.728. The smallest absolute Gasteiger partial charge is 0.219 e. The third-order valence-electron chi connectivity index (χ3n) is 2.78. The Labute approximate surface area is 128 Å². The zero-order chi connectivity index (χ0) is 15.2. The molecule has 112 valence electrons. The SMILES string of the molecule is CNCc1nc(Oc2cc(OC)cc(OC)c2)ccc1Cl. The lowest BCUT2D eigenvalue weighted by Gasteiger charge is -2.10. The van der Waals surface area contributed by atoms with E-state index in [0.29, 0.717) is 34.7 Å². The fraction of sp³-hybridized carbons (Fsp3) is 0.267. The summed E-state index contributed by atoms with van der Waals surface area (Å²) >= 11 is 6.08. The van der Waals surface area contributed by atoms with Crippen molar-refractivity contribution in [1.29, 1.82) is 0 Å². The molecular formula is C15H17ClN2O3. The van der Waals surface area contributed by atoms with E-state index in [4.69, 9.17) is 25.8 Å². The molecule has 0 amide bonds. The van der Waals surface area contributed by atoms with Crippen LogP contribution in [-0.2, 0) is 6.54 Å². The lowest BCUT2D eigenvalue weighted by molar-refractivity contribution is 0.385. The first-order valence-corrected chi connectivity index (χ1v) is 6.75. The van der Waals surface area contributed by atoms with Crippen LogP contribution in [0.1, 0.15) is 5.69 Å². The van der Waals surface area contributed by atoms with Gasteiger partial charge in [0.25, 0.3) is 0 Å². The van der Waals surface area contributed by atoms with Gasteiger partial charge in [0, 0.05) is 30.8 Å². The molecule has 1 N–H and O–H groups in total. The van der Waals surface area contributed by atoms with Crippen molar-refractivity contribution in [3.63, 3.8) is 0 Å². The molecule has 0 spiro atoms. The van der Waals surface area contributed by atoms with Crippen LogP contribution in [0.5, 0.6) is 23.1 Å². The Morgan fingerprint density at radius 1 is 1.05 bits per heavy atom. The predicted molar refractivity (Wildman–Crippen MR) is 81.6 cm³/mol. The second kappa shape index (κ2) is 7.15. The zero-order valence-corrected chi connectivity index (χ0v) is 12.9. The van der Waals surface area contributed by atoms with Gasteiger partial charge in [0.15, 0.2) is 0 Å². The van der Waals surface area contributed by atoms with E-state index in [1.165, 1.54) is 0 Å². The fourth-order valence-corrected chi connectivity index (χ4v) is 1.95. The van der Waals surface area contributed by atoms with Gasteiger partial charge in [-0.15, -0.1) is 0 Å². The number of rotatable bonds is 6. The first-order valence-electron chi connectivity index (χ1n) is 6.37. The number of nitrogens with one attached hydrogen (secondary N) is 1. The Morgan fingerprint density at radius 2 is 1.67 bits per heavy atom. The number of benzene rings is 1. The van der Waals surface area contributed by atoms with Crippen LogP contribution in [0.2, 0.25) is 5.02 Å². The number of aromatic nitrogens is 1. The summed E-state index contributed by atoms with van der Waals surface area (Å²) < 4.78 is 16.2. The standard InChI is InChI=1S/C15H17ClN2O3/c1-17-9-14-13(16)4-5-15(18-14)21-12-7-10(19-2)6-11(8-12)20-3/h4-8,17H,9H2,1-3H3. The number of hydrogen-bond donors (Lipinski definition) is 1. The molecule has 1 aromatic heterocycles. The van der Waals surface area contributed by atoms with Gasteiger partial charge in [0.1, 0.15) is 17.2 Å². The molecule has 1 aromatic carbocycles. The van der Waals surface area contributed by atoms with Gasteiger partial charge in [0.05, 0.1) is 24.9 Å². The maximum Gasteiger partial charge on any atom is 0.219 e. The largest absolute Gasteiger partial charge is 0.496 e. The van der Waals surface area contributed by atoms with Gasteiger partial charge in [-0.3, -0.25) is 0 Å². The highest BCUT2D eigenvalue weighted by atomic mass is 35.5. The van der Waals surface area contributed by atoms with Crippen LogP contribution in [0.3, 0.4) is 0 Å². The van der Waals surface area contributed by atoms with Crippen molar-refractivity contribution in [2.45, 2.75) is 6.54 Å². The molecule has 0 aliphatic carbocycles. The van der Waals surface area contributed by atoms with Crippen LogP contribution >= 0.6 is 11.6 Å². The van der Waals surface area contributed by atoms with Crippen molar-refractivity contribution in [2.75, 3.05) is 21.3 Å². The van der Waals surface area contributed by atoms with E-state index >= 15 is 0 Å². The van der Waals surface area contributed by atoms with Crippen LogP contribution in [0, 0.1) is 0 Å². The molecule has 0 bridgehead atoms. The number of methoxy groups -OCH3 is 2. The monoisotopic (exact) mass is 308 g/mol. The number of hydrogen-bond acceptors (Lipinski definition) is 5. The molecule has 6 heteroatoms. The molecule has 0 saturated carbocycles. The third kappa shape index (κ3) is 4.00. The Hall–Kier alpha value is -1.98. The molecule has 0 atom stereocenters. The molecule has 21 heavy (non-hydrogen) atoms. The van der Waals surface area contributed by atoms with Crippen molar-refractivity contribution in [2.24, 2.45) is 0 Å². The van der Waals surface area contributed by atoms with Crippen molar-refractivity contribution in [1.82, 2.24) is 10.3 Å². The minimum Gasteiger partial charge on any atom is -0.496 e. The normalized spacial score (nSPS) is 10.3. The highest BCUT2D eigenvalue weighted by molar-refractivity contribution is 6.31. The van der Waals surface area contributed by atoms with E-state index in [1.807, 2.05) is 7.05 Å². The number of pyridine rings is 1. The van der Waals surface area contributed by atoms with E-state index in [9.17, 15) is 0 Å². The van der Waals surface area contributed by atoms with Gasteiger partial charge in [-0.05, 0) is 13.1 Å². The maximum atomic E-state index is 6.08. The minimum absolute atomic E-state index is 0.458. The summed E-state index contributed by atoms with van der Waals surface area (Å²) in [4.78, 5) is 4.37. The van der Waals surface area contributed by atoms with E-state index in [0.717, 1.165) is 5.69 Å². The molecule has 2 rings (SSSR count). The summed E-state index contributed by atoms with van der Waals surface area (Å²) in [5.74, 6) is 2.33. The quantitative estimate of drug-likeness (QED) is 0.887. The van der Waals surface area contributed by atoms with Crippen LogP contribution in [-0.4, -0.2) is 26.3 Å². The molecule has 0 aliphatic heterocycles. The minimum atomic E-state index is 0.458. The molecule has 5 nitrogen and oxygen atoms in total. The molecule has 0 saturated heterocycles. The number of ether oxygens (including phenoxy) is 3. The Bertz CT molecular complexity index is 598. The third-order valence-corrected chi connectivity index (χ3v) is 3.13. The second-order valence-electron chi connectivity index (χ2n) is 4.26. The Kier molecular flexibility index (Phi) is 5.25. The average molecular weight is 309 g/mol. The molecule has 0 aliphatic rings. The molecule has 0 radical (unpaired) electrons. The first kappa shape index (κ1) is 15.4. The lowest BCUT2D eigenvalue weighted by atomic mass is 10.3. The number of nitrogens with zero attached hydrogens (tertiary/aromatic N) is 1. The van der Waals surface area contributed by atoms with Gasteiger partial charge >= 0.3 is 0 Å². The van der Waals surface area contributed by atoms with Gasteiger partial charge < -0.3 is 19.5 Å². The molecule has 2 aromatic rings. The van der Waals surface area contributed by atoms with E-state index in [-0.39, 0.29) is 0 Å². The van der Waals surface area contributed by atoms with Gasteiger partial charge in [-0.1, -0.05) is 11.6 Å². The van der Waals surface area contributed by atoms with Crippen molar-refractivity contribution >= 4 is 11.6 Å². The number of halogens is 1. The molecule has 1 heterocycles. The Balaban J connectivity index is 2.27. The highest BCUT2D eigenvalue weighted by Gasteiger charge is 2.08. The predicted octanol–water partition coefficient (Wildman–Crippen LogP) is 3.26. The van der Waals surface area contributed by atoms with Crippen LogP contribution in [0.15, 0.2) is 30.3 Å². The summed E-state index contributed by atoms with van der Waals surface area (Å²) in [6.45, 7) is 0.567. The summed E-state index contributed by atoms with van der Waals surface area (Å²) in [6.07, 6.45) is 0. The van der Waals surface area contributed by atoms with E-state index in [2.05, 4.69) is 10.3 Å². The topological polar surface area (TPSA) is 52.6 Å². The van der Waals surface area contributed by atoms with Crippen molar-refractivity contribution in [3.8, 4) is 23.1 Å². The summed E-state index contributed by atoms with van der Waals surface area (Å²) in [7, 11) is 5.01. The van der Waals surface area contributed by atoms with E-state index < -0.39 is 0 Å². The van der Waals surface area contributed by atoms with Gasteiger partial charge in [-0.25, -0.2) is 4.98 Å². The van der Waals surface area contributed by atoms with Crippen molar-refractivity contribution < 1.29 is 14.2 Å². The van der Waals surface area contributed by atoms with Crippen LogP contribution < -0.4 is 19.5 Å². The summed E-state index contributed by atoms with van der Waals surface area (Å²) in [5, 5.41) is 3.61. The second-order valence-corrected chi connectivity index (χ2v) is 4.67. The Morgan fingerprint density at radius 3 is 2.24 bits per heavy atom. The highest BCUT2D eigenvalue weighted by Crippen LogP contribution is 2.30.